The van der Waals surface area contributed by atoms with Crippen LogP contribution in [0, 0.1) is 5.82 Å². The van der Waals surface area contributed by atoms with Gasteiger partial charge in [0.15, 0.2) is 0 Å². The molecule has 1 aromatic heterocycles. The molecule has 0 unspecified atom stereocenters. The van der Waals surface area contributed by atoms with Crippen molar-refractivity contribution < 1.29 is 22.3 Å². The van der Waals surface area contributed by atoms with E-state index in [9.17, 15) is 17.6 Å². The first-order valence-corrected chi connectivity index (χ1v) is 11.4. The molecule has 33 heavy (non-hydrogen) atoms. The van der Waals surface area contributed by atoms with E-state index in [4.69, 9.17) is 4.74 Å². The second-order valence-corrected chi connectivity index (χ2v) is 8.94. The van der Waals surface area contributed by atoms with E-state index in [2.05, 4.69) is 15.0 Å². The molecule has 0 fully saturated rings. The number of hydrogen-bond donors (Lipinski definition) is 2. The molecule has 0 saturated heterocycles. The number of aromatic nitrogens is 1. The van der Waals surface area contributed by atoms with Gasteiger partial charge in [0.25, 0.3) is 10.0 Å². The van der Waals surface area contributed by atoms with Gasteiger partial charge in [-0.25, -0.2) is 17.8 Å². The third-order valence-electron chi connectivity index (χ3n) is 4.87. The number of carbonyl (C=O) groups excluding carboxylic acids is 1. The molecule has 0 atom stereocenters. The van der Waals surface area contributed by atoms with Crippen LogP contribution in [0.2, 0.25) is 0 Å². The van der Waals surface area contributed by atoms with Gasteiger partial charge < -0.3 is 10.1 Å². The SMILES string of the molecule is COc1cc(-c2ccc(F)cc2)nc2ccc(NS(=O)(=O)c3ccc(NC(C)=O)cc3)cc12. The summed E-state index contributed by atoms with van der Waals surface area (Å²) in [5.41, 5.74) is 2.76. The minimum absolute atomic E-state index is 0.0495. The van der Waals surface area contributed by atoms with Crippen LogP contribution < -0.4 is 14.8 Å². The summed E-state index contributed by atoms with van der Waals surface area (Å²) in [6, 6.07) is 18.5. The predicted molar refractivity (Wildman–Crippen MR) is 125 cm³/mol. The van der Waals surface area contributed by atoms with Gasteiger partial charge in [-0.2, -0.15) is 0 Å². The lowest BCUT2D eigenvalue weighted by atomic mass is 10.1. The third kappa shape index (κ3) is 4.93. The molecule has 1 amide bonds. The van der Waals surface area contributed by atoms with Crippen LogP contribution in [0.5, 0.6) is 5.75 Å². The van der Waals surface area contributed by atoms with Crippen LogP contribution in [0.1, 0.15) is 6.92 Å². The van der Waals surface area contributed by atoms with E-state index < -0.39 is 10.0 Å². The summed E-state index contributed by atoms with van der Waals surface area (Å²) >= 11 is 0. The second kappa shape index (κ2) is 8.87. The van der Waals surface area contributed by atoms with Crippen LogP contribution in [-0.2, 0) is 14.8 Å². The van der Waals surface area contributed by atoms with E-state index in [1.807, 2.05) is 0 Å². The number of anilines is 2. The third-order valence-corrected chi connectivity index (χ3v) is 6.27. The molecule has 0 saturated carbocycles. The predicted octanol–water partition coefficient (Wildman–Crippen LogP) is 4.81. The molecular weight excluding hydrogens is 445 g/mol. The summed E-state index contributed by atoms with van der Waals surface area (Å²) in [6.07, 6.45) is 0. The summed E-state index contributed by atoms with van der Waals surface area (Å²) in [6.45, 7) is 1.37. The van der Waals surface area contributed by atoms with Gasteiger partial charge in [-0.3, -0.25) is 9.52 Å². The summed E-state index contributed by atoms with van der Waals surface area (Å²) < 4.78 is 46.9. The number of nitrogens with one attached hydrogen (secondary N) is 2. The van der Waals surface area contributed by atoms with Gasteiger partial charge in [-0.1, -0.05) is 0 Å². The van der Waals surface area contributed by atoms with Crippen molar-refractivity contribution in [2.45, 2.75) is 11.8 Å². The average molecular weight is 466 g/mol. The highest BCUT2D eigenvalue weighted by Crippen LogP contribution is 2.32. The number of pyridine rings is 1. The van der Waals surface area contributed by atoms with Gasteiger partial charge in [0.05, 0.1) is 23.2 Å². The molecule has 4 aromatic rings. The first-order chi connectivity index (χ1) is 15.7. The Morgan fingerprint density at radius 2 is 1.61 bits per heavy atom. The standard InChI is InChI=1S/C24H20FN3O4S/c1-15(29)26-18-7-10-20(11-8-18)33(30,31)28-19-9-12-22-21(13-19)24(32-2)14-23(27-22)16-3-5-17(25)6-4-16/h3-14,28H,1-2H3,(H,26,29). The molecule has 168 valence electrons. The summed E-state index contributed by atoms with van der Waals surface area (Å²) in [7, 11) is -2.35. The highest BCUT2D eigenvalue weighted by atomic mass is 32.2. The monoisotopic (exact) mass is 465 g/mol. The summed E-state index contributed by atoms with van der Waals surface area (Å²) in [5.74, 6) is -0.0849. The maximum Gasteiger partial charge on any atom is 0.261 e. The number of sulfonamides is 1. The number of fused-ring (bicyclic) bond motifs is 1. The zero-order valence-electron chi connectivity index (χ0n) is 17.8. The number of rotatable bonds is 6. The molecule has 0 aliphatic rings. The minimum Gasteiger partial charge on any atom is -0.496 e. The van der Waals surface area contributed by atoms with E-state index in [0.29, 0.717) is 33.7 Å². The molecule has 1 heterocycles. The quantitative estimate of drug-likeness (QED) is 0.426. The summed E-state index contributed by atoms with van der Waals surface area (Å²) in [5, 5.41) is 3.21. The van der Waals surface area contributed by atoms with E-state index >= 15 is 0 Å². The Labute approximate surface area is 190 Å². The number of amides is 1. The fraction of sp³-hybridized carbons (Fsp3) is 0.0833. The van der Waals surface area contributed by atoms with Crippen molar-refractivity contribution in [3.8, 4) is 17.0 Å². The number of ether oxygens (including phenoxy) is 1. The second-order valence-electron chi connectivity index (χ2n) is 7.26. The first-order valence-electron chi connectivity index (χ1n) is 9.90. The number of carbonyl (C=O) groups is 1. The Kier molecular flexibility index (Phi) is 5.97. The Balaban J connectivity index is 1.65. The number of hydrogen-bond acceptors (Lipinski definition) is 5. The van der Waals surface area contributed by atoms with Crippen LogP contribution >= 0.6 is 0 Å². The van der Waals surface area contributed by atoms with Gasteiger partial charge in [0, 0.05) is 35.3 Å². The lowest BCUT2D eigenvalue weighted by Crippen LogP contribution is -2.13. The highest BCUT2D eigenvalue weighted by molar-refractivity contribution is 7.92. The number of methoxy groups -OCH3 is 1. The fourth-order valence-electron chi connectivity index (χ4n) is 3.33. The van der Waals surface area contributed by atoms with Gasteiger partial charge in [-0.15, -0.1) is 0 Å². The number of benzene rings is 3. The molecule has 0 aliphatic heterocycles. The fourth-order valence-corrected chi connectivity index (χ4v) is 4.38. The maximum atomic E-state index is 13.3. The maximum absolute atomic E-state index is 13.3. The van der Waals surface area contributed by atoms with Crippen LogP contribution in [0.4, 0.5) is 15.8 Å². The van der Waals surface area contributed by atoms with Gasteiger partial charge in [0.1, 0.15) is 11.6 Å². The van der Waals surface area contributed by atoms with Crippen molar-refractivity contribution >= 4 is 38.2 Å². The van der Waals surface area contributed by atoms with Gasteiger partial charge in [-0.05, 0) is 66.7 Å². The topological polar surface area (TPSA) is 97.4 Å². The molecular formula is C24H20FN3O4S. The lowest BCUT2D eigenvalue weighted by Gasteiger charge is -2.12. The van der Waals surface area contributed by atoms with Crippen molar-refractivity contribution in [2.24, 2.45) is 0 Å². The molecule has 7 nitrogen and oxygen atoms in total. The van der Waals surface area contributed by atoms with Crippen LogP contribution in [0.25, 0.3) is 22.2 Å². The zero-order chi connectivity index (χ0) is 23.6. The average Bonchev–Trinajstić information content (AvgIpc) is 2.78. The highest BCUT2D eigenvalue weighted by Gasteiger charge is 2.16. The van der Waals surface area contributed by atoms with Crippen LogP contribution in [-0.4, -0.2) is 26.4 Å². The van der Waals surface area contributed by atoms with Crippen molar-refractivity contribution in [1.82, 2.24) is 4.98 Å². The summed E-state index contributed by atoms with van der Waals surface area (Å²) in [4.78, 5) is 15.8. The molecule has 0 aliphatic carbocycles. The van der Waals surface area contributed by atoms with Crippen molar-refractivity contribution in [3.05, 3.63) is 78.6 Å². The molecule has 9 heteroatoms. The van der Waals surface area contributed by atoms with Gasteiger partial charge >= 0.3 is 0 Å². The Morgan fingerprint density at radius 3 is 2.24 bits per heavy atom. The van der Waals surface area contributed by atoms with Crippen molar-refractivity contribution in [2.75, 3.05) is 17.1 Å². The molecule has 0 spiro atoms. The molecule has 2 N–H and O–H groups in total. The smallest absolute Gasteiger partial charge is 0.261 e. The van der Waals surface area contributed by atoms with Crippen molar-refractivity contribution in [1.29, 1.82) is 0 Å². The Morgan fingerprint density at radius 1 is 0.939 bits per heavy atom. The van der Waals surface area contributed by atoms with E-state index in [1.165, 1.54) is 50.4 Å². The molecule has 0 bridgehead atoms. The molecule has 3 aromatic carbocycles. The van der Waals surface area contributed by atoms with E-state index in [-0.39, 0.29) is 16.6 Å². The minimum atomic E-state index is -3.86. The Hall–Kier alpha value is -3.98. The zero-order valence-corrected chi connectivity index (χ0v) is 18.6. The lowest BCUT2D eigenvalue weighted by molar-refractivity contribution is -0.114. The van der Waals surface area contributed by atoms with E-state index in [0.717, 1.165) is 5.56 Å². The van der Waals surface area contributed by atoms with Gasteiger partial charge in [0.2, 0.25) is 5.91 Å². The normalized spacial score (nSPS) is 11.2. The number of halogens is 1. The van der Waals surface area contributed by atoms with E-state index in [1.54, 1.807) is 36.4 Å². The Bertz CT molecular complexity index is 1440. The number of nitrogens with zero attached hydrogens (tertiary/aromatic N) is 1. The largest absolute Gasteiger partial charge is 0.496 e. The first kappa shape index (κ1) is 22.2. The molecule has 0 radical (unpaired) electrons. The van der Waals surface area contributed by atoms with Crippen LogP contribution in [0.3, 0.4) is 0 Å². The van der Waals surface area contributed by atoms with Crippen LogP contribution in [0.15, 0.2) is 77.7 Å². The molecule has 4 rings (SSSR count). The van der Waals surface area contributed by atoms with Crippen molar-refractivity contribution in [3.63, 3.8) is 0 Å².